The summed E-state index contributed by atoms with van der Waals surface area (Å²) in [6.07, 6.45) is 21.0. The van der Waals surface area contributed by atoms with E-state index in [-0.39, 0.29) is 5.91 Å². The molecule has 5 amide bonds. The Morgan fingerprint density at radius 3 is 1.48 bits per heavy atom. The number of rotatable bonds is 32. The molecule has 12 nitrogen and oxygen atoms in total. The molecule has 2 aromatic rings. The molecule has 0 fully saturated rings. The minimum Gasteiger partial charge on any atom is -0.368 e. The molecule has 320 valence electrons. The summed E-state index contributed by atoms with van der Waals surface area (Å²) >= 11 is 0. The van der Waals surface area contributed by atoms with Crippen molar-refractivity contribution in [1.82, 2.24) is 21.3 Å². The highest BCUT2D eigenvalue weighted by molar-refractivity contribution is 5.94. The van der Waals surface area contributed by atoms with Crippen LogP contribution in [-0.2, 0) is 36.8 Å². The number of carbonyl (C=O) groups is 5. The quantitative estimate of drug-likeness (QED) is 0.0389. The van der Waals surface area contributed by atoms with Gasteiger partial charge in [-0.25, -0.2) is 0 Å². The van der Waals surface area contributed by atoms with Crippen molar-refractivity contribution >= 4 is 29.5 Å². The molecular formula is C46H71N7O5. The van der Waals surface area contributed by atoms with Gasteiger partial charge in [0.05, 0.1) is 12.1 Å². The van der Waals surface area contributed by atoms with Crippen molar-refractivity contribution in [2.75, 3.05) is 13.1 Å². The van der Waals surface area contributed by atoms with Crippen LogP contribution < -0.4 is 38.5 Å². The number of unbranched alkanes of at least 4 members (excludes halogenated alkanes) is 10. The van der Waals surface area contributed by atoms with Crippen molar-refractivity contribution in [3.8, 4) is 0 Å². The fourth-order valence-electron chi connectivity index (χ4n) is 6.62. The third-order valence-corrected chi connectivity index (χ3v) is 9.92. The maximum absolute atomic E-state index is 13.8. The van der Waals surface area contributed by atoms with Crippen LogP contribution >= 0.6 is 0 Å². The Bertz CT molecular complexity index is 1520. The molecule has 0 unspecified atom stereocenters. The molecule has 0 spiro atoms. The summed E-state index contributed by atoms with van der Waals surface area (Å²) in [6, 6.07) is 16.5. The average Bonchev–Trinajstić information content (AvgIpc) is 3.21. The summed E-state index contributed by atoms with van der Waals surface area (Å²) in [5.41, 5.74) is 18.8. The molecule has 0 aromatic heterocycles. The highest BCUT2D eigenvalue weighted by Gasteiger charge is 2.23. The van der Waals surface area contributed by atoms with Gasteiger partial charge >= 0.3 is 0 Å². The van der Waals surface area contributed by atoms with E-state index in [1.54, 1.807) is 12.2 Å². The lowest BCUT2D eigenvalue weighted by Gasteiger charge is -2.22. The Hall–Kier alpha value is -4.81. The number of amides is 5. The van der Waals surface area contributed by atoms with E-state index < -0.39 is 47.8 Å². The summed E-state index contributed by atoms with van der Waals surface area (Å²) in [5.74, 6) is -2.11. The lowest BCUT2D eigenvalue weighted by molar-refractivity contribution is -0.127. The molecule has 0 aliphatic heterocycles. The van der Waals surface area contributed by atoms with Crippen molar-refractivity contribution in [3.63, 3.8) is 0 Å². The molecular weight excluding hydrogens is 731 g/mol. The number of carbonyl (C=O) groups excluding carboxylic acids is 5. The van der Waals surface area contributed by atoms with Crippen molar-refractivity contribution < 1.29 is 24.0 Å². The zero-order valence-corrected chi connectivity index (χ0v) is 34.8. The molecule has 0 bridgehead atoms. The van der Waals surface area contributed by atoms with E-state index in [2.05, 4.69) is 28.2 Å². The summed E-state index contributed by atoms with van der Waals surface area (Å²) in [4.78, 5) is 65.1. The van der Waals surface area contributed by atoms with Crippen LogP contribution in [-0.4, -0.2) is 66.8 Å². The smallest absolute Gasteiger partial charge is 0.244 e. The second-order valence-corrected chi connectivity index (χ2v) is 15.1. The Morgan fingerprint density at radius 2 is 1.00 bits per heavy atom. The van der Waals surface area contributed by atoms with E-state index in [1.165, 1.54) is 50.7 Å². The molecule has 58 heavy (non-hydrogen) atoms. The number of primary amides is 1. The predicted octanol–water partition coefficient (Wildman–Crippen LogP) is 5.19. The van der Waals surface area contributed by atoms with Crippen LogP contribution in [0, 0.1) is 0 Å². The monoisotopic (exact) mass is 802 g/mol. The highest BCUT2D eigenvalue weighted by atomic mass is 16.2. The predicted molar refractivity (Wildman–Crippen MR) is 233 cm³/mol. The first-order valence-corrected chi connectivity index (χ1v) is 21.5. The molecule has 0 heterocycles. The van der Waals surface area contributed by atoms with Gasteiger partial charge in [-0.3, -0.25) is 24.0 Å². The van der Waals surface area contributed by atoms with Crippen LogP contribution in [0.3, 0.4) is 0 Å². The Balaban J connectivity index is 2.13. The van der Waals surface area contributed by atoms with Gasteiger partial charge in [-0.1, -0.05) is 131 Å². The van der Waals surface area contributed by atoms with E-state index in [1.807, 2.05) is 60.7 Å². The molecule has 2 rings (SSSR count). The third-order valence-electron chi connectivity index (χ3n) is 9.92. The Morgan fingerprint density at radius 1 is 0.552 bits per heavy atom. The minimum atomic E-state index is -0.889. The van der Waals surface area contributed by atoms with Gasteiger partial charge in [0, 0.05) is 18.6 Å². The highest BCUT2D eigenvalue weighted by Crippen LogP contribution is 2.12. The van der Waals surface area contributed by atoms with Gasteiger partial charge in [-0.15, -0.1) is 0 Å². The van der Waals surface area contributed by atoms with Crippen molar-refractivity contribution in [2.24, 2.45) is 17.2 Å². The molecule has 0 saturated carbocycles. The number of benzene rings is 2. The van der Waals surface area contributed by atoms with Gasteiger partial charge in [-0.05, 0) is 82.0 Å². The average molecular weight is 802 g/mol. The minimum absolute atomic E-state index is 0.0593. The Kier molecular flexibility index (Phi) is 26.6. The van der Waals surface area contributed by atoms with E-state index in [0.29, 0.717) is 70.9 Å². The van der Waals surface area contributed by atoms with Gasteiger partial charge < -0.3 is 38.5 Å². The van der Waals surface area contributed by atoms with Crippen LogP contribution in [0.2, 0.25) is 0 Å². The summed E-state index contributed by atoms with van der Waals surface area (Å²) in [5, 5.41) is 11.6. The van der Waals surface area contributed by atoms with Gasteiger partial charge in [0.1, 0.15) is 12.1 Å². The van der Waals surface area contributed by atoms with Gasteiger partial charge in [-0.2, -0.15) is 0 Å². The standard InChI is InChI=1S/C46H71N7O5/c1-2-3-4-5-6-7-8-9-16-27-42(54)50-38(34-36-21-12-10-13-22-36)28-30-44(56)53-41(26-18-20-33-48)46(58)51-39(35-37-23-14-11-15-24-37)29-31-43(55)52-40(45(49)57)25-17-19-32-47/h10-15,21-24,28-31,38-41H,2-9,16-20,25-27,32-35,47-48H2,1H3,(H2,49,57)(H,50,54)(H,51,58)(H,52,55)(H,53,56)/b30-28+,31-29+/t38-,39-,40+,41+/m1/s1. The number of hydrogen-bond acceptors (Lipinski definition) is 7. The lowest BCUT2D eigenvalue weighted by atomic mass is 10.0. The normalized spacial score (nSPS) is 13.4. The van der Waals surface area contributed by atoms with E-state index >= 15 is 0 Å². The first-order chi connectivity index (χ1) is 28.1. The maximum Gasteiger partial charge on any atom is 0.244 e. The van der Waals surface area contributed by atoms with Crippen molar-refractivity contribution in [2.45, 2.75) is 147 Å². The fraction of sp³-hybridized carbons (Fsp3) is 0.543. The molecule has 0 saturated heterocycles. The van der Waals surface area contributed by atoms with Crippen LogP contribution in [0.25, 0.3) is 0 Å². The van der Waals surface area contributed by atoms with Crippen LogP contribution in [0.5, 0.6) is 0 Å². The molecule has 12 heteroatoms. The van der Waals surface area contributed by atoms with Crippen LogP contribution in [0.15, 0.2) is 85.0 Å². The molecule has 2 aromatic carbocycles. The van der Waals surface area contributed by atoms with Crippen molar-refractivity contribution in [3.05, 3.63) is 96.1 Å². The van der Waals surface area contributed by atoms with Gasteiger partial charge in [0.2, 0.25) is 29.5 Å². The first-order valence-electron chi connectivity index (χ1n) is 21.5. The molecule has 10 N–H and O–H groups in total. The molecule has 0 aliphatic rings. The maximum atomic E-state index is 13.8. The summed E-state index contributed by atoms with van der Waals surface area (Å²) in [7, 11) is 0. The van der Waals surface area contributed by atoms with E-state index in [4.69, 9.17) is 17.2 Å². The fourth-order valence-corrected chi connectivity index (χ4v) is 6.62. The molecule has 4 atom stereocenters. The van der Waals surface area contributed by atoms with Crippen LogP contribution in [0.4, 0.5) is 0 Å². The zero-order valence-electron chi connectivity index (χ0n) is 34.8. The Labute approximate surface area is 347 Å². The topological polar surface area (TPSA) is 212 Å². The van der Waals surface area contributed by atoms with Crippen LogP contribution in [0.1, 0.15) is 121 Å². The lowest BCUT2D eigenvalue weighted by Crippen LogP contribution is -2.49. The number of nitrogens with one attached hydrogen (secondary N) is 4. The van der Waals surface area contributed by atoms with E-state index in [0.717, 1.165) is 30.4 Å². The van der Waals surface area contributed by atoms with Gasteiger partial charge in [0.15, 0.2) is 0 Å². The third kappa shape index (κ3) is 23.4. The van der Waals surface area contributed by atoms with Gasteiger partial charge in [0.25, 0.3) is 0 Å². The van der Waals surface area contributed by atoms with Crippen molar-refractivity contribution in [1.29, 1.82) is 0 Å². The SMILES string of the molecule is CCCCCCCCCCCC(=O)N[C@H](/C=C/C(=O)N[C@@H](CCCCN)C(=O)N[C@H](/C=C/C(=O)N[C@@H](CCCCN)C(N)=O)Cc1ccccc1)Cc1ccccc1. The number of hydrogen-bond donors (Lipinski definition) is 7. The largest absolute Gasteiger partial charge is 0.368 e. The zero-order chi connectivity index (χ0) is 42.2. The molecule has 0 aliphatic carbocycles. The summed E-state index contributed by atoms with van der Waals surface area (Å²) < 4.78 is 0. The molecule has 0 radical (unpaired) electrons. The number of nitrogens with two attached hydrogens (primary N) is 3. The second kappa shape index (κ2) is 31.2. The first kappa shape index (κ1) is 49.3. The summed E-state index contributed by atoms with van der Waals surface area (Å²) in [6.45, 7) is 3.13. The second-order valence-electron chi connectivity index (χ2n) is 15.1. The van der Waals surface area contributed by atoms with E-state index in [9.17, 15) is 24.0 Å².